The van der Waals surface area contributed by atoms with Crippen molar-refractivity contribution in [3.05, 3.63) is 54.9 Å². The molecule has 0 aliphatic carbocycles. The summed E-state index contributed by atoms with van der Waals surface area (Å²) in [5.74, 6) is 2.03. The first-order chi connectivity index (χ1) is 15.1. The molecule has 0 spiro atoms. The van der Waals surface area contributed by atoms with Crippen molar-refractivity contribution in [2.75, 3.05) is 55.3 Å². The number of nitrogens with zero attached hydrogens (tertiary/aromatic N) is 5. The molecule has 1 aliphatic heterocycles. The van der Waals surface area contributed by atoms with Crippen molar-refractivity contribution in [1.29, 1.82) is 0 Å². The molecule has 4 rings (SSSR count). The van der Waals surface area contributed by atoms with E-state index < -0.39 is 0 Å². The highest BCUT2D eigenvalue weighted by Crippen LogP contribution is 2.23. The number of piperazine rings is 1. The zero-order chi connectivity index (χ0) is 21.6. The monoisotopic (exact) mass is 417 g/mol. The average Bonchev–Trinajstić information content (AvgIpc) is 2.79. The first-order valence-electron chi connectivity index (χ1n) is 10.9. The van der Waals surface area contributed by atoms with Gasteiger partial charge in [0.25, 0.3) is 0 Å². The van der Waals surface area contributed by atoms with Crippen LogP contribution in [0.25, 0.3) is 11.3 Å². The Bertz CT molecular complexity index is 962. The maximum Gasteiger partial charge on any atom is 0.227 e. The molecule has 0 unspecified atom stereocenters. The Morgan fingerprint density at radius 3 is 2.39 bits per heavy atom. The van der Waals surface area contributed by atoms with Crippen LogP contribution in [0.15, 0.2) is 54.9 Å². The maximum atomic E-state index is 4.66. The van der Waals surface area contributed by atoms with Gasteiger partial charge in [-0.05, 0) is 55.4 Å². The Kier molecular flexibility index (Phi) is 6.62. The Hall–Kier alpha value is -3.19. The Morgan fingerprint density at radius 2 is 1.71 bits per heavy atom. The smallest absolute Gasteiger partial charge is 0.227 e. The van der Waals surface area contributed by atoms with Gasteiger partial charge >= 0.3 is 0 Å². The number of pyridine rings is 1. The first kappa shape index (κ1) is 21.1. The second-order valence-electron chi connectivity index (χ2n) is 8.43. The first-order valence-corrected chi connectivity index (χ1v) is 10.9. The standard InChI is InChI=1S/C24H31N7/c1-18(2)16-26-23-9-4-19(17-27-23)22-10-11-25-24(29-22)28-20-5-7-21(8-6-20)31-14-12-30(3)13-15-31/h4-11,17-18H,12-16H2,1-3H3,(H,26,27)(H,25,28,29). The summed E-state index contributed by atoms with van der Waals surface area (Å²) in [5, 5.41) is 6.65. The summed E-state index contributed by atoms with van der Waals surface area (Å²) in [6.45, 7) is 9.59. The van der Waals surface area contributed by atoms with E-state index in [1.807, 2.05) is 24.4 Å². The average molecular weight is 418 g/mol. The van der Waals surface area contributed by atoms with Crippen LogP contribution in [0.3, 0.4) is 0 Å². The number of anilines is 4. The van der Waals surface area contributed by atoms with E-state index in [-0.39, 0.29) is 0 Å². The highest BCUT2D eigenvalue weighted by molar-refractivity contribution is 5.63. The third-order valence-corrected chi connectivity index (χ3v) is 5.40. The highest BCUT2D eigenvalue weighted by atomic mass is 15.2. The van der Waals surface area contributed by atoms with E-state index in [0.717, 1.165) is 55.5 Å². The molecule has 3 heterocycles. The number of aromatic nitrogens is 3. The van der Waals surface area contributed by atoms with Gasteiger partial charge in [-0.1, -0.05) is 13.8 Å². The zero-order valence-corrected chi connectivity index (χ0v) is 18.5. The second-order valence-corrected chi connectivity index (χ2v) is 8.43. The predicted molar refractivity (Wildman–Crippen MR) is 128 cm³/mol. The molecule has 0 saturated carbocycles. The van der Waals surface area contributed by atoms with Crippen molar-refractivity contribution in [2.45, 2.75) is 13.8 Å². The number of hydrogen-bond acceptors (Lipinski definition) is 7. The van der Waals surface area contributed by atoms with E-state index in [0.29, 0.717) is 11.9 Å². The van der Waals surface area contributed by atoms with Gasteiger partial charge in [0.1, 0.15) is 5.82 Å². The minimum Gasteiger partial charge on any atom is -0.370 e. The van der Waals surface area contributed by atoms with Gasteiger partial charge < -0.3 is 20.4 Å². The number of nitrogens with one attached hydrogen (secondary N) is 2. The highest BCUT2D eigenvalue weighted by Gasteiger charge is 2.14. The van der Waals surface area contributed by atoms with Gasteiger partial charge in [-0.3, -0.25) is 0 Å². The molecule has 0 bridgehead atoms. The third kappa shape index (κ3) is 5.70. The molecule has 162 valence electrons. The number of hydrogen-bond donors (Lipinski definition) is 2. The molecule has 0 radical (unpaired) electrons. The molecule has 0 atom stereocenters. The lowest BCUT2D eigenvalue weighted by Gasteiger charge is -2.34. The lowest BCUT2D eigenvalue weighted by Crippen LogP contribution is -2.44. The van der Waals surface area contributed by atoms with Gasteiger partial charge in [0.05, 0.1) is 5.69 Å². The van der Waals surface area contributed by atoms with Crippen LogP contribution in [-0.2, 0) is 0 Å². The molecule has 1 aliphatic rings. The van der Waals surface area contributed by atoms with Gasteiger partial charge in [-0.25, -0.2) is 15.0 Å². The van der Waals surface area contributed by atoms with Gasteiger partial charge in [-0.2, -0.15) is 0 Å². The van der Waals surface area contributed by atoms with E-state index in [1.165, 1.54) is 5.69 Å². The summed E-state index contributed by atoms with van der Waals surface area (Å²) in [4.78, 5) is 18.3. The molecule has 1 aromatic carbocycles. The van der Waals surface area contributed by atoms with Crippen molar-refractivity contribution < 1.29 is 0 Å². The van der Waals surface area contributed by atoms with E-state index in [2.05, 4.69) is 80.5 Å². The summed E-state index contributed by atoms with van der Waals surface area (Å²) in [7, 11) is 2.17. The minimum atomic E-state index is 0.576. The van der Waals surface area contributed by atoms with Crippen LogP contribution in [0.5, 0.6) is 0 Å². The molecule has 1 fully saturated rings. The van der Waals surface area contributed by atoms with E-state index in [4.69, 9.17) is 0 Å². The SMILES string of the molecule is CC(C)CNc1ccc(-c2ccnc(Nc3ccc(N4CCN(C)CC4)cc3)n2)cn1. The van der Waals surface area contributed by atoms with Crippen molar-refractivity contribution in [2.24, 2.45) is 5.92 Å². The fraction of sp³-hybridized carbons (Fsp3) is 0.375. The normalized spacial score (nSPS) is 14.6. The van der Waals surface area contributed by atoms with Crippen molar-refractivity contribution in [3.63, 3.8) is 0 Å². The van der Waals surface area contributed by atoms with Gasteiger partial charge in [0.2, 0.25) is 5.95 Å². The molecule has 2 N–H and O–H groups in total. The summed E-state index contributed by atoms with van der Waals surface area (Å²) < 4.78 is 0. The fourth-order valence-corrected chi connectivity index (χ4v) is 3.49. The largest absolute Gasteiger partial charge is 0.370 e. The van der Waals surface area contributed by atoms with Gasteiger partial charge in [-0.15, -0.1) is 0 Å². The van der Waals surface area contributed by atoms with E-state index in [9.17, 15) is 0 Å². The zero-order valence-electron chi connectivity index (χ0n) is 18.5. The van der Waals surface area contributed by atoms with Crippen LogP contribution in [0.1, 0.15) is 13.8 Å². The topological polar surface area (TPSA) is 69.2 Å². The number of rotatable bonds is 7. The van der Waals surface area contributed by atoms with Gasteiger partial charge in [0, 0.05) is 62.1 Å². The maximum absolute atomic E-state index is 4.66. The Labute approximate surface area is 184 Å². The second kappa shape index (κ2) is 9.75. The van der Waals surface area contributed by atoms with E-state index >= 15 is 0 Å². The molecule has 31 heavy (non-hydrogen) atoms. The Balaban J connectivity index is 1.40. The summed E-state index contributed by atoms with van der Waals surface area (Å²) in [5.41, 5.74) is 4.03. The van der Waals surface area contributed by atoms with Gasteiger partial charge in [0.15, 0.2) is 0 Å². The minimum absolute atomic E-state index is 0.576. The van der Waals surface area contributed by atoms with E-state index in [1.54, 1.807) is 6.20 Å². The number of likely N-dealkylation sites (N-methyl/N-ethyl adjacent to an activating group) is 1. The fourth-order valence-electron chi connectivity index (χ4n) is 3.49. The lowest BCUT2D eigenvalue weighted by molar-refractivity contribution is 0.313. The molecule has 2 aromatic heterocycles. The summed E-state index contributed by atoms with van der Waals surface area (Å²) in [6.07, 6.45) is 3.62. The van der Waals surface area contributed by atoms with Crippen molar-refractivity contribution >= 4 is 23.1 Å². The van der Waals surface area contributed by atoms with Crippen LogP contribution in [-0.4, -0.2) is 59.6 Å². The summed E-state index contributed by atoms with van der Waals surface area (Å²) in [6, 6.07) is 14.4. The van der Waals surface area contributed by atoms with Crippen LogP contribution in [0.2, 0.25) is 0 Å². The van der Waals surface area contributed by atoms with Crippen LogP contribution < -0.4 is 15.5 Å². The predicted octanol–water partition coefficient (Wildman–Crippen LogP) is 4.10. The quantitative estimate of drug-likeness (QED) is 0.600. The Morgan fingerprint density at radius 1 is 0.935 bits per heavy atom. The molecule has 3 aromatic rings. The van der Waals surface area contributed by atoms with Crippen molar-refractivity contribution in [1.82, 2.24) is 19.9 Å². The van der Waals surface area contributed by atoms with Crippen molar-refractivity contribution in [3.8, 4) is 11.3 Å². The summed E-state index contributed by atoms with van der Waals surface area (Å²) >= 11 is 0. The molecular weight excluding hydrogens is 386 g/mol. The lowest BCUT2D eigenvalue weighted by atomic mass is 10.2. The molecule has 7 heteroatoms. The van der Waals surface area contributed by atoms with Crippen LogP contribution >= 0.6 is 0 Å². The molecule has 1 saturated heterocycles. The number of benzene rings is 1. The third-order valence-electron chi connectivity index (χ3n) is 5.40. The van der Waals surface area contributed by atoms with Crippen LogP contribution in [0.4, 0.5) is 23.1 Å². The molecule has 0 amide bonds. The molecule has 7 nitrogen and oxygen atoms in total. The van der Waals surface area contributed by atoms with Crippen LogP contribution in [0, 0.1) is 5.92 Å². The molecular formula is C24H31N7.